The van der Waals surface area contributed by atoms with Crippen LogP contribution in [0.5, 0.6) is 0 Å². The van der Waals surface area contributed by atoms with Crippen molar-refractivity contribution < 1.29 is 0 Å². The van der Waals surface area contributed by atoms with Crippen molar-refractivity contribution in [2.75, 3.05) is 6.54 Å². The first-order chi connectivity index (χ1) is 8.68. The minimum absolute atomic E-state index is 0.558. The van der Waals surface area contributed by atoms with Crippen LogP contribution in [-0.4, -0.2) is 12.6 Å². The molecule has 2 heteroatoms. The minimum atomic E-state index is 0.558. The highest BCUT2D eigenvalue weighted by Crippen LogP contribution is 2.60. The predicted octanol–water partition coefficient (Wildman–Crippen LogP) is 4.05. The van der Waals surface area contributed by atoms with Gasteiger partial charge in [0.1, 0.15) is 0 Å². The van der Waals surface area contributed by atoms with Gasteiger partial charge in [-0.05, 0) is 68.1 Å². The van der Waals surface area contributed by atoms with E-state index in [2.05, 4.69) is 24.4 Å². The van der Waals surface area contributed by atoms with E-state index >= 15 is 0 Å². The van der Waals surface area contributed by atoms with Crippen LogP contribution in [0.1, 0.15) is 38.2 Å². The average molecular weight is 264 g/mol. The van der Waals surface area contributed by atoms with E-state index in [1.54, 1.807) is 0 Å². The van der Waals surface area contributed by atoms with Gasteiger partial charge in [0.05, 0.1) is 0 Å². The van der Waals surface area contributed by atoms with Crippen molar-refractivity contribution in [1.82, 2.24) is 5.32 Å². The Morgan fingerprint density at radius 2 is 1.94 bits per heavy atom. The molecule has 0 spiro atoms. The summed E-state index contributed by atoms with van der Waals surface area (Å²) < 4.78 is 0. The van der Waals surface area contributed by atoms with Crippen LogP contribution >= 0.6 is 11.6 Å². The Labute approximate surface area is 115 Å². The highest BCUT2D eigenvalue weighted by molar-refractivity contribution is 6.30. The van der Waals surface area contributed by atoms with Crippen LogP contribution in [0.25, 0.3) is 0 Å². The van der Waals surface area contributed by atoms with Crippen LogP contribution in [0, 0.1) is 11.3 Å². The first-order valence-electron chi connectivity index (χ1n) is 7.16. The molecule has 98 valence electrons. The van der Waals surface area contributed by atoms with Gasteiger partial charge in [0, 0.05) is 17.6 Å². The molecular formula is C16H22ClN. The molecule has 2 aliphatic rings. The fourth-order valence-corrected chi connectivity index (χ4v) is 3.14. The van der Waals surface area contributed by atoms with Crippen molar-refractivity contribution in [3.63, 3.8) is 0 Å². The number of hydrogen-bond acceptors (Lipinski definition) is 1. The van der Waals surface area contributed by atoms with E-state index in [0.717, 1.165) is 17.4 Å². The minimum Gasteiger partial charge on any atom is -0.313 e. The quantitative estimate of drug-likeness (QED) is 0.817. The average Bonchev–Trinajstić information content (AvgIpc) is 3.22. The van der Waals surface area contributed by atoms with Gasteiger partial charge in [-0.2, -0.15) is 0 Å². The molecule has 2 aliphatic carbocycles. The molecule has 0 radical (unpaired) electrons. The van der Waals surface area contributed by atoms with Crippen molar-refractivity contribution in [1.29, 1.82) is 0 Å². The van der Waals surface area contributed by atoms with Gasteiger partial charge >= 0.3 is 0 Å². The normalized spacial score (nSPS) is 22.8. The zero-order chi connectivity index (χ0) is 12.6. The van der Waals surface area contributed by atoms with Gasteiger partial charge < -0.3 is 5.32 Å². The molecule has 0 bridgehead atoms. The molecule has 1 nitrogen and oxygen atoms in total. The predicted molar refractivity (Wildman–Crippen MR) is 77.0 cm³/mol. The standard InChI is InChI=1S/C16H22ClN/c1-12(10-13-2-6-15(17)7-3-13)18-11-16(8-9-16)14-4-5-14/h2-3,6-7,12,14,18H,4-5,8-11H2,1H3. The van der Waals surface area contributed by atoms with E-state index in [0.29, 0.717) is 11.5 Å². The van der Waals surface area contributed by atoms with E-state index in [9.17, 15) is 0 Å². The van der Waals surface area contributed by atoms with Crippen LogP contribution in [0.2, 0.25) is 5.02 Å². The second-order valence-corrected chi connectivity index (χ2v) is 6.69. The lowest BCUT2D eigenvalue weighted by molar-refractivity contribution is 0.378. The summed E-state index contributed by atoms with van der Waals surface area (Å²) in [5.74, 6) is 1.05. The topological polar surface area (TPSA) is 12.0 Å². The monoisotopic (exact) mass is 263 g/mol. The Balaban J connectivity index is 1.46. The summed E-state index contributed by atoms with van der Waals surface area (Å²) >= 11 is 5.90. The molecule has 1 aromatic carbocycles. The summed E-state index contributed by atoms with van der Waals surface area (Å²) in [7, 11) is 0. The van der Waals surface area contributed by atoms with Crippen LogP contribution < -0.4 is 5.32 Å². The Morgan fingerprint density at radius 3 is 2.50 bits per heavy atom. The van der Waals surface area contributed by atoms with Gasteiger partial charge in [-0.3, -0.25) is 0 Å². The molecule has 3 rings (SSSR count). The van der Waals surface area contributed by atoms with E-state index in [1.807, 2.05) is 12.1 Å². The maximum absolute atomic E-state index is 5.90. The smallest absolute Gasteiger partial charge is 0.0406 e. The molecule has 18 heavy (non-hydrogen) atoms. The Hall–Kier alpha value is -0.530. The van der Waals surface area contributed by atoms with Crippen molar-refractivity contribution >= 4 is 11.6 Å². The number of benzene rings is 1. The van der Waals surface area contributed by atoms with Crippen LogP contribution in [0.15, 0.2) is 24.3 Å². The maximum atomic E-state index is 5.90. The van der Waals surface area contributed by atoms with E-state index in [1.165, 1.54) is 37.8 Å². The molecule has 0 saturated heterocycles. The largest absolute Gasteiger partial charge is 0.313 e. The zero-order valence-electron chi connectivity index (χ0n) is 11.1. The summed E-state index contributed by atoms with van der Waals surface area (Å²) in [6.07, 6.45) is 6.97. The number of rotatable bonds is 6. The number of nitrogens with one attached hydrogen (secondary N) is 1. The lowest BCUT2D eigenvalue weighted by atomic mass is 9.99. The Morgan fingerprint density at radius 1 is 1.28 bits per heavy atom. The summed E-state index contributed by atoms with van der Waals surface area (Å²) in [6, 6.07) is 8.79. The van der Waals surface area contributed by atoms with Gasteiger partial charge in [0.2, 0.25) is 0 Å². The van der Waals surface area contributed by atoms with Gasteiger partial charge in [-0.25, -0.2) is 0 Å². The first-order valence-corrected chi connectivity index (χ1v) is 7.54. The third-order valence-corrected chi connectivity index (χ3v) is 4.85. The molecule has 0 amide bonds. The molecule has 0 aliphatic heterocycles. The van der Waals surface area contributed by atoms with Gasteiger partial charge in [-0.15, -0.1) is 0 Å². The van der Waals surface area contributed by atoms with Crippen molar-refractivity contribution in [2.45, 2.75) is 45.1 Å². The lowest BCUT2D eigenvalue weighted by Crippen LogP contribution is -2.34. The van der Waals surface area contributed by atoms with Crippen molar-refractivity contribution in [3.8, 4) is 0 Å². The molecule has 0 aromatic heterocycles. The van der Waals surface area contributed by atoms with Gasteiger partial charge in [0.25, 0.3) is 0 Å². The fourth-order valence-electron chi connectivity index (χ4n) is 3.01. The molecule has 2 saturated carbocycles. The van der Waals surface area contributed by atoms with E-state index in [-0.39, 0.29) is 0 Å². The zero-order valence-corrected chi connectivity index (χ0v) is 11.8. The maximum Gasteiger partial charge on any atom is 0.0406 e. The Kier molecular flexibility index (Phi) is 3.38. The summed E-state index contributed by atoms with van der Waals surface area (Å²) in [5.41, 5.74) is 2.07. The van der Waals surface area contributed by atoms with E-state index in [4.69, 9.17) is 11.6 Å². The second-order valence-electron chi connectivity index (χ2n) is 6.25. The van der Waals surface area contributed by atoms with Crippen molar-refractivity contribution in [3.05, 3.63) is 34.9 Å². The fraction of sp³-hybridized carbons (Fsp3) is 0.625. The molecule has 1 unspecified atom stereocenters. The summed E-state index contributed by atoms with van der Waals surface area (Å²) in [6.45, 7) is 3.52. The van der Waals surface area contributed by atoms with Crippen LogP contribution in [0.4, 0.5) is 0 Å². The lowest BCUT2D eigenvalue weighted by Gasteiger charge is -2.20. The van der Waals surface area contributed by atoms with E-state index < -0.39 is 0 Å². The second kappa shape index (κ2) is 4.86. The molecule has 2 fully saturated rings. The highest BCUT2D eigenvalue weighted by atomic mass is 35.5. The van der Waals surface area contributed by atoms with Crippen LogP contribution in [0.3, 0.4) is 0 Å². The van der Waals surface area contributed by atoms with Crippen LogP contribution in [-0.2, 0) is 6.42 Å². The number of halogens is 1. The third kappa shape index (κ3) is 2.89. The first kappa shape index (κ1) is 12.5. The van der Waals surface area contributed by atoms with Gasteiger partial charge in [0.15, 0.2) is 0 Å². The highest BCUT2D eigenvalue weighted by Gasteiger charge is 2.53. The number of hydrogen-bond donors (Lipinski definition) is 1. The SMILES string of the molecule is CC(Cc1ccc(Cl)cc1)NCC1(C2CC2)CC1. The molecule has 1 N–H and O–H groups in total. The van der Waals surface area contributed by atoms with Crippen molar-refractivity contribution in [2.24, 2.45) is 11.3 Å². The molecule has 1 atom stereocenters. The Bertz CT molecular complexity index is 404. The third-order valence-electron chi connectivity index (χ3n) is 4.59. The van der Waals surface area contributed by atoms with Gasteiger partial charge in [-0.1, -0.05) is 23.7 Å². The molecule has 1 aromatic rings. The molecular weight excluding hydrogens is 242 g/mol. The molecule has 0 heterocycles. The summed E-state index contributed by atoms with van der Waals surface area (Å²) in [4.78, 5) is 0. The summed E-state index contributed by atoms with van der Waals surface area (Å²) in [5, 5.41) is 4.56.